The number of carbonyl (C=O) groups is 1. The Morgan fingerprint density at radius 2 is 1.47 bits per heavy atom. The van der Waals surface area contributed by atoms with Crippen LogP contribution >= 0.6 is 0 Å². The standard InChI is InChI=1S/C26H26O4/c27-22-16-23(20-12-6-2-7-13-20)24(25(28)30-18-19-10-4-1-5-11-19)26(29,17-22)21-14-8-3-9-15-21/h1-15,22-24,27,29H,16-18H2/t22-,23+,24-,26+/m1/s1. The highest BCUT2D eigenvalue weighted by molar-refractivity contribution is 5.76. The van der Waals surface area contributed by atoms with E-state index in [-0.39, 0.29) is 18.9 Å². The molecule has 4 nitrogen and oxygen atoms in total. The minimum absolute atomic E-state index is 0.0887. The van der Waals surface area contributed by atoms with Crippen LogP contribution in [0.1, 0.15) is 35.4 Å². The molecule has 0 amide bonds. The molecule has 4 heteroatoms. The summed E-state index contributed by atoms with van der Waals surface area (Å²) in [5.74, 6) is -1.64. The largest absolute Gasteiger partial charge is 0.460 e. The summed E-state index contributed by atoms with van der Waals surface area (Å²) in [4.78, 5) is 13.4. The second-order valence-corrected chi connectivity index (χ2v) is 7.97. The molecule has 0 radical (unpaired) electrons. The fourth-order valence-corrected chi connectivity index (χ4v) is 4.56. The summed E-state index contributed by atoms with van der Waals surface area (Å²) in [5.41, 5.74) is 0.896. The first-order valence-corrected chi connectivity index (χ1v) is 10.3. The number of esters is 1. The van der Waals surface area contributed by atoms with Gasteiger partial charge >= 0.3 is 5.97 Å². The van der Waals surface area contributed by atoms with Crippen LogP contribution in [0.5, 0.6) is 0 Å². The molecule has 1 saturated carbocycles. The van der Waals surface area contributed by atoms with Crippen molar-refractivity contribution in [2.75, 3.05) is 0 Å². The van der Waals surface area contributed by atoms with Crippen molar-refractivity contribution in [1.29, 1.82) is 0 Å². The van der Waals surface area contributed by atoms with E-state index in [0.29, 0.717) is 12.0 Å². The van der Waals surface area contributed by atoms with Crippen LogP contribution in [-0.2, 0) is 21.7 Å². The lowest BCUT2D eigenvalue weighted by molar-refractivity contribution is -0.173. The van der Waals surface area contributed by atoms with Crippen LogP contribution in [0, 0.1) is 5.92 Å². The Morgan fingerprint density at radius 3 is 2.10 bits per heavy atom. The number of hydrogen-bond acceptors (Lipinski definition) is 4. The summed E-state index contributed by atoms with van der Waals surface area (Å²) in [6.45, 7) is 0.144. The molecule has 3 aromatic carbocycles. The highest BCUT2D eigenvalue weighted by Gasteiger charge is 2.53. The van der Waals surface area contributed by atoms with E-state index in [9.17, 15) is 15.0 Å². The molecule has 0 aliphatic heterocycles. The third-order valence-corrected chi connectivity index (χ3v) is 5.97. The van der Waals surface area contributed by atoms with Gasteiger partial charge in [0.25, 0.3) is 0 Å². The second kappa shape index (κ2) is 8.82. The van der Waals surface area contributed by atoms with Crippen molar-refractivity contribution in [2.45, 2.75) is 37.1 Å². The molecule has 30 heavy (non-hydrogen) atoms. The van der Waals surface area contributed by atoms with Crippen LogP contribution in [0.25, 0.3) is 0 Å². The lowest BCUT2D eigenvalue weighted by atomic mass is 9.63. The van der Waals surface area contributed by atoms with E-state index in [0.717, 1.165) is 11.1 Å². The van der Waals surface area contributed by atoms with Gasteiger partial charge in [0.05, 0.1) is 12.0 Å². The molecule has 0 saturated heterocycles. The summed E-state index contributed by atoms with van der Waals surface area (Å²) >= 11 is 0. The van der Waals surface area contributed by atoms with Crippen molar-refractivity contribution in [3.8, 4) is 0 Å². The Balaban J connectivity index is 1.71. The van der Waals surface area contributed by atoms with Crippen molar-refractivity contribution in [2.24, 2.45) is 5.92 Å². The lowest BCUT2D eigenvalue weighted by Gasteiger charge is -2.45. The number of rotatable bonds is 5. The molecule has 4 rings (SSSR count). The quantitative estimate of drug-likeness (QED) is 0.629. The van der Waals surface area contributed by atoms with Crippen molar-refractivity contribution >= 4 is 5.97 Å². The van der Waals surface area contributed by atoms with Gasteiger partial charge in [0.15, 0.2) is 0 Å². The number of benzene rings is 3. The van der Waals surface area contributed by atoms with E-state index in [4.69, 9.17) is 4.74 Å². The maximum absolute atomic E-state index is 13.4. The van der Waals surface area contributed by atoms with Gasteiger partial charge in [-0.3, -0.25) is 4.79 Å². The number of hydrogen-bond donors (Lipinski definition) is 2. The molecule has 0 unspecified atom stereocenters. The molecule has 1 aliphatic rings. The average molecular weight is 402 g/mol. The number of aliphatic hydroxyl groups excluding tert-OH is 1. The zero-order valence-corrected chi connectivity index (χ0v) is 16.7. The third kappa shape index (κ3) is 4.16. The first kappa shape index (κ1) is 20.3. The van der Waals surface area contributed by atoms with Crippen LogP contribution < -0.4 is 0 Å². The molecule has 2 N–H and O–H groups in total. The van der Waals surface area contributed by atoms with Gasteiger partial charge in [-0.1, -0.05) is 91.0 Å². The molecule has 0 heterocycles. The fraction of sp³-hybridized carbons (Fsp3) is 0.269. The van der Waals surface area contributed by atoms with Crippen molar-refractivity contribution in [3.63, 3.8) is 0 Å². The van der Waals surface area contributed by atoms with Gasteiger partial charge in [-0.25, -0.2) is 0 Å². The highest BCUT2D eigenvalue weighted by atomic mass is 16.5. The summed E-state index contributed by atoms with van der Waals surface area (Å²) < 4.78 is 5.69. The number of aliphatic hydroxyl groups is 2. The van der Waals surface area contributed by atoms with Crippen molar-refractivity contribution in [3.05, 3.63) is 108 Å². The van der Waals surface area contributed by atoms with Gasteiger partial charge < -0.3 is 14.9 Å². The maximum atomic E-state index is 13.4. The summed E-state index contributed by atoms with van der Waals surface area (Å²) in [6, 6.07) is 28.2. The monoisotopic (exact) mass is 402 g/mol. The maximum Gasteiger partial charge on any atom is 0.313 e. The van der Waals surface area contributed by atoms with Crippen LogP contribution in [-0.4, -0.2) is 22.3 Å². The Labute approximate surface area is 176 Å². The minimum Gasteiger partial charge on any atom is -0.460 e. The van der Waals surface area contributed by atoms with E-state index in [1.807, 2.05) is 78.9 Å². The normalized spacial score (nSPS) is 26.1. The lowest BCUT2D eigenvalue weighted by Crippen LogP contribution is -2.50. The van der Waals surface area contributed by atoms with Gasteiger partial charge in [-0.15, -0.1) is 0 Å². The second-order valence-electron chi connectivity index (χ2n) is 7.97. The molecule has 1 fully saturated rings. The van der Waals surface area contributed by atoms with Gasteiger partial charge in [-0.2, -0.15) is 0 Å². The van der Waals surface area contributed by atoms with Crippen LogP contribution in [0.2, 0.25) is 0 Å². The Morgan fingerprint density at radius 1 is 0.900 bits per heavy atom. The van der Waals surface area contributed by atoms with Gasteiger partial charge in [0.2, 0.25) is 0 Å². The van der Waals surface area contributed by atoms with Gasteiger partial charge in [0, 0.05) is 12.3 Å². The zero-order chi connectivity index (χ0) is 21.0. The molecule has 1 aliphatic carbocycles. The Hall–Kier alpha value is -2.95. The summed E-state index contributed by atoms with van der Waals surface area (Å²) in [7, 11) is 0. The molecule has 3 aromatic rings. The van der Waals surface area contributed by atoms with E-state index < -0.39 is 23.6 Å². The van der Waals surface area contributed by atoms with E-state index in [1.165, 1.54) is 0 Å². The van der Waals surface area contributed by atoms with Crippen LogP contribution in [0.3, 0.4) is 0 Å². The summed E-state index contributed by atoms with van der Waals surface area (Å²) in [5, 5.41) is 22.4. The molecule has 154 valence electrons. The SMILES string of the molecule is O=C(OCc1ccccc1)[C@H]1[C@H](c2ccccc2)C[C@@H](O)C[C@]1(O)c1ccccc1. The molecule has 0 spiro atoms. The molecule has 0 bridgehead atoms. The predicted octanol–water partition coefficient (Wildman–Crippen LogP) is 4.17. The Bertz CT molecular complexity index is 958. The van der Waals surface area contributed by atoms with Gasteiger partial charge in [0.1, 0.15) is 12.2 Å². The number of ether oxygens (including phenoxy) is 1. The smallest absolute Gasteiger partial charge is 0.313 e. The molecule has 0 aromatic heterocycles. The molecule has 4 atom stereocenters. The highest BCUT2D eigenvalue weighted by Crippen LogP contribution is 2.49. The fourth-order valence-electron chi connectivity index (χ4n) is 4.56. The molecular formula is C26H26O4. The predicted molar refractivity (Wildman–Crippen MR) is 114 cm³/mol. The van der Waals surface area contributed by atoms with Crippen molar-refractivity contribution in [1.82, 2.24) is 0 Å². The Kier molecular flexibility index (Phi) is 5.98. The number of carbonyl (C=O) groups excluding carboxylic acids is 1. The minimum atomic E-state index is -1.52. The first-order chi connectivity index (χ1) is 14.6. The van der Waals surface area contributed by atoms with E-state index in [1.54, 1.807) is 12.1 Å². The third-order valence-electron chi connectivity index (χ3n) is 5.97. The first-order valence-electron chi connectivity index (χ1n) is 10.3. The molecular weight excluding hydrogens is 376 g/mol. The topological polar surface area (TPSA) is 66.8 Å². The van der Waals surface area contributed by atoms with E-state index in [2.05, 4.69) is 0 Å². The van der Waals surface area contributed by atoms with Crippen LogP contribution in [0.15, 0.2) is 91.0 Å². The van der Waals surface area contributed by atoms with Crippen molar-refractivity contribution < 1.29 is 19.7 Å². The van der Waals surface area contributed by atoms with Crippen LogP contribution in [0.4, 0.5) is 0 Å². The zero-order valence-electron chi connectivity index (χ0n) is 16.7. The van der Waals surface area contributed by atoms with E-state index >= 15 is 0 Å². The average Bonchev–Trinajstić information content (AvgIpc) is 2.79. The van der Waals surface area contributed by atoms with Gasteiger partial charge in [-0.05, 0) is 23.1 Å². The summed E-state index contributed by atoms with van der Waals surface area (Å²) in [6.07, 6.45) is -0.242.